The van der Waals surface area contributed by atoms with Crippen molar-refractivity contribution in [2.24, 2.45) is 5.92 Å². The van der Waals surface area contributed by atoms with Crippen molar-refractivity contribution in [1.82, 2.24) is 9.88 Å². The van der Waals surface area contributed by atoms with E-state index in [1.165, 1.54) is 24.3 Å². The molecule has 0 saturated carbocycles. The summed E-state index contributed by atoms with van der Waals surface area (Å²) in [4.78, 5) is 68.4. The molecule has 0 unspecified atom stereocenters. The summed E-state index contributed by atoms with van der Waals surface area (Å²) in [6, 6.07) is 12.2. The van der Waals surface area contributed by atoms with E-state index in [-0.39, 0.29) is 28.8 Å². The molecule has 3 aliphatic heterocycles. The Kier molecular flexibility index (Phi) is 6.90. The molecule has 12 nitrogen and oxygen atoms in total. The molecule has 2 saturated heterocycles. The van der Waals surface area contributed by atoms with Gasteiger partial charge in [-0.15, -0.1) is 0 Å². The van der Waals surface area contributed by atoms with Crippen molar-refractivity contribution in [3.8, 4) is 5.75 Å². The number of aromatic nitrogens is 1. The summed E-state index contributed by atoms with van der Waals surface area (Å²) in [5.41, 5.74) is 0.812. The van der Waals surface area contributed by atoms with Gasteiger partial charge in [-0.05, 0) is 29.8 Å². The maximum atomic E-state index is 13.8. The minimum absolute atomic E-state index is 0.120. The number of ether oxygens (including phenoxy) is 2. The van der Waals surface area contributed by atoms with E-state index >= 15 is 0 Å². The Morgan fingerprint density at radius 2 is 1.75 bits per heavy atom. The number of amides is 3. The van der Waals surface area contributed by atoms with Gasteiger partial charge in [0.15, 0.2) is 6.61 Å². The average molecular weight is 583 g/mol. The largest absolute Gasteiger partial charge is 0.484 e. The number of thioether (sulfide) groups is 1. The third-order valence-corrected chi connectivity index (χ3v) is 9.51. The summed E-state index contributed by atoms with van der Waals surface area (Å²) >= 11 is 2.15. The van der Waals surface area contributed by atoms with Crippen LogP contribution in [0.1, 0.15) is 16.4 Å². The first-order valence-corrected chi connectivity index (χ1v) is 14.1. The number of anilines is 1. The molecule has 40 heavy (non-hydrogen) atoms. The molecule has 1 aromatic heterocycles. The number of hydrogen-bond acceptors (Lipinski definition) is 10. The van der Waals surface area contributed by atoms with Gasteiger partial charge in [0.25, 0.3) is 11.6 Å². The first-order valence-electron chi connectivity index (χ1n) is 12.4. The lowest BCUT2D eigenvalue weighted by atomic mass is 9.83. The van der Waals surface area contributed by atoms with E-state index in [0.717, 1.165) is 28.0 Å². The van der Waals surface area contributed by atoms with Crippen molar-refractivity contribution in [1.29, 1.82) is 0 Å². The van der Waals surface area contributed by atoms with E-state index in [0.29, 0.717) is 47.5 Å². The Bertz CT molecular complexity index is 1550. The van der Waals surface area contributed by atoms with Crippen LogP contribution in [0.4, 0.5) is 11.4 Å². The maximum absolute atomic E-state index is 13.8. The van der Waals surface area contributed by atoms with E-state index in [9.17, 15) is 29.3 Å². The van der Waals surface area contributed by atoms with Crippen molar-refractivity contribution in [2.45, 2.75) is 16.2 Å². The van der Waals surface area contributed by atoms with Crippen LogP contribution in [0, 0.1) is 16.0 Å². The van der Waals surface area contributed by atoms with Gasteiger partial charge in [-0.3, -0.25) is 29.3 Å². The topological polar surface area (TPSA) is 152 Å². The van der Waals surface area contributed by atoms with Crippen LogP contribution in [-0.2, 0) is 19.1 Å². The third kappa shape index (κ3) is 4.67. The molecule has 0 spiro atoms. The Balaban J connectivity index is 1.27. The zero-order valence-electron chi connectivity index (χ0n) is 20.8. The summed E-state index contributed by atoms with van der Waals surface area (Å²) in [7, 11) is 0. The van der Waals surface area contributed by atoms with Crippen LogP contribution in [0.15, 0.2) is 58.4 Å². The lowest BCUT2D eigenvalue weighted by Crippen LogP contribution is -2.42. The van der Waals surface area contributed by atoms with Gasteiger partial charge < -0.3 is 19.4 Å². The van der Waals surface area contributed by atoms with Crippen LogP contribution in [-0.4, -0.2) is 70.7 Å². The van der Waals surface area contributed by atoms with Crippen molar-refractivity contribution in [2.75, 3.05) is 37.8 Å². The molecule has 0 bridgehead atoms. The third-order valence-electron chi connectivity index (χ3n) is 7.11. The molecule has 1 N–H and O–H groups in total. The van der Waals surface area contributed by atoms with E-state index in [1.54, 1.807) is 29.2 Å². The van der Waals surface area contributed by atoms with E-state index in [4.69, 9.17) is 9.47 Å². The normalized spacial score (nSPS) is 22.1. The Morgan fingerprint density at radius 1 is 1.05 bits per heavy atom. The molecule has 6 rings (SSSR count). The van der Waals surface area contributed by atoms with Crippen LogP contribution in [0.5, 0.6) is 5.75 Å². The highest BCUT2D eigenvalue weighted by Crippen LogP contribution is 2.53. The molecule has 14 heteroatoms. The number of nitrogens with zero attached hydrogens (tertiary/aromatic N) is 3. The molecule has 4 heterocycles. The van der Waals surface area contributed by atoms with Crippen molar-refractivity contribution in [3.05, 3.63) is 78.8 Å². The van der Waals surface area contributed by atoms with Crippen LogP contribution in [0.2, 0.25) is 0 Å². The van der Waals surface area contributed by atoms with E-state index in [2.05, 4.69) is 4.98 Å². The van der Waals surface area contributed by atoms with Crippen LogP contribution in [0.25, 0.3) is 0 Å². The molecule has 0 radical (unpaired) electrons. The van der Waals surface area contributed by atoms with Gasteiger partial charge in [0.05, 0.1) is 34.8 Å². The standard InChI is InChI=1S/C26H22N4O8S2/c31-18(28-9-11-37-12-10-28)13-38-17-7-1-14(2-8-17)19-20-22(39-23-21(19)40-26(34)27-23)25(33)29(24(20)32)15-3-5-16(6-4-15)30(35)36/h1-8,19-20,22H,9-13H2,(H,27,34)/t19-,20-,22+/m0/s1. The minimum Gasteiger partial charge on any atom is -0.484 e. The number of rotatable bonds is 6. The summed E-state index contributed by atoms with van der Waals surface area (Å²) in [6.45, 7) is 1.92. The smallest absolute Gasteiger partial charge is 0.305 e. The quantitative estimate of drug-likeness (QED) is 0.262. The Hall–Kier alpha value is -4.01. The van der Waals surface area contributed by atoms with Crippen LogP contribution >= 0.6 is 23.1 Å². The Morgan fingerprint density at radius 3 is 2.42 bits per heavy atom. The molecule has 206 valence electrons. The van der Waals surface area contributed by atoms with Crippen molar-refractivity contribution >= 4 is 52.2 Å². The van der Waals surface area contributed by atoms with Crippen molar-refractivity contribution in [3.63, 3.8) is 0 Å². The molecule has 0 aliphatic carbocycles. The van der Waals surface area contributed by atoms with E-state index < -0.39 is 33.8 Å². The monoisotopic (exact) mass is 582 g/mol. The first-order chi connectivity index (χ1) is 19.3. The number of benzene rings is 2. The molecule has 3 aliphatic rings. The van der Waals surface area contributed by atoms with Gasteiger partial charge in [-0.2, -0.15) is 0 Å². The summed E-state index contributed by atoms with van der Waals surface area (Å²) < 4.78 is 11.0. The number of carbonyl (C=O) groups excluding carboxylic acids is 3. The SMILES string of the molecule is O=C(COc1ccc([C@@H]2c3sc(=O)[nH]c3S[C@H]3C(=O)N(c4ccc([N+](=O)[O-])cc4)C(=O)[C@@H]23)cc1)N1CCOCC1. The first kappa shape index (κ1) is 26.2. The predicted molar refractivity (Wildman–Crippen MR) is 145 cm³/mol. The molecule has 3 amide bonds. The second-order valence-electron chi connectivity index (χ2n) is 9.39. The lowest BCUT2D eigenvalue weighted by Gasteiger charge is -2.30. The molecule has 2 fully saturated rings. The summed E-state index contributed by atoms with van der Waals surface area (Å²) in [5, 5.41) is 10.8. The lowest BCUT2D eigenvalue weighted by molar-refractivity contribution is -0.384. The number of hydrogen-bond donors (Lipinski definition) is 1. The fourth-order valence-electron chi connectivity index (χ4n) is 5.17. The Labute approximate surface area is 235 Å². The van der Waals surface area contributed by atoms with Crippen LogP contribution in [0.3, 0.4) is 0 Å². The molecular weight excluding hydrogens is 560 g/mol. The number of thiazole rings is 1. The fraction of sp³-hybridized carbons (Fsp3) is 0.308. The molecule has 2 aromatic carbocycles. The number of morpholine rings is 1. The summed E-state index contributed by atoms with van der Waals surface area (Å²) in [6.07, 6.45) is 0. The average Bonchev–Trinajstić information content (AvgIpc) is 3.46. The number of nitrogens with one attached hydrogen (secondary N) is 1. The van der Waals surface area contributed by atoms with Gasteiger partial charge in [-0.25, -0.2) is 4.90 Å². The van der Waals surface area contributed by atoms with Crippen molar-refractivity contribution < 1.29 is 28.8 Å². The predicted octanol–water partition coefficient (Wildman–Crippen LogP) is 2.38. The highest BCUT2D eigenvalue weighted by Gasteiger charge is 2.56. The van der Waals surface area contributed by atoms with Gasteiger partial charge in [0.1, 0.15) is 11.0 Å². The van der Waals surface area contributed by atoms with Gasteiger partial charge >= 0.3 is 4.87 Å². The maximum Gasteiger partial charge on any atom is 0.305 e. The molecular formula is C26H22N4O8S2. The zero-order chi connectivity index (χ0) is 28.0. The number of nitro groups is 1. The number of non-ortho nitro benzene ring substituents is 1. The summed E-state index contributed by atoms with van der Waals surface area (Å²) in [5.74, 6) is -1.92. The highest BCUT2D eigenvalue weighted by atomic mass is 32.2. The van der Waals surface area contributed by atoms with Crippen LogP contribution < -0.4 is 14.5 Å². The number of fused-ring (bicyclic) bond motifs is 2. The van der Waals surface area contributed by atoms with Gasteiger partial charge in [0, 0.05) is 36.0 Å². The second kappa shape index (κ2) is 10.5. The zero-order valence-corrected chi connectivity index (χ0v) is 22.4. The number of carbonyl (C=O) groups is 3. The second-order valence-corrected chi connectivity index (χ2v) is 11.6. The molecule has 3 aromatic rings. The number of nitro benzene ring substituents is 1. The minimum atomic E-state index is -0.790. The number of H-pyrrole nitrogens is 1. The van der Waals surface area contributed by atoms with Gasteiger partial charge in [0.2, 0.25) is 11.8 Å². The van der Waals surface area contributed by atoms with E-state index in [1.807, 2.05) is 0 Å². The number of aromatic amines is 1. The highest BCUT2D eigenvalue weighted by molar-refractivity contribution is 8.00. The fourth-order valence-corrected chi connectivity index (χ4v) is 7.69. The number of imide groups is 1. The molecule has 3 atom stereocenters. The van der Waals surface area contributed by atoms with Gasteiger partial charge in [-0.1, -0.05) is 35.2 Å².